The fourth-order valence-corrected chi connectivity index (χ4v) is 5.06. The predicted octanol–water partition coefficient (Wildman–Crippen LogP) is 4.72. The van der Waals surface area contributed by atoms with Crippen molar-refractivity contribution in [1.29, 1.82) is 0 Å². The summed E-state index contributed by atoms with van der Waals surface area (Å²) in [5.41, 5.74) is 6.88. The molecule has 166 valence electrons. The van der Waals surface area contributed by atoms with Crippen LogP contribution in [0.25, 0.3) is 10.9 Å². The largest absolute Gasteiger partial charge is 0.367 e. The third-order valence-electron chi connectivity index (χ3n) is 5.77. The molecule has 8 heteroatoms. The fraction of sp³-hybridized carbons (Fsp3) is 0.348. The van der Waals surface area contributed by atoms with Crippen LogP contribution in [0.3, 0.4) is 0 Å². The number of rotatable bonds is 9. The highest BCUT2D eigenvalue weighted by Crippen LogP contribution is 2.41. The van der Waals surface area contributed by atoms with E-state index in [0.717, 1.165) is 31.1 Å². The summed E-state index contributed by atoms with van der Waals surface area (Å²) in [5.74, 6) is -0.592. The van der Waals surface area contributed by atoms with Crippen molar-refractivity contribution in [1.82, 2.24) is 4.57 Å². The van der Waals surface area contributed by atoms with Crippen LogP contribution in [-0.4, -0.2) is 25.1 Å². The number of hydrogen-bond donors (Lipinski definition) is 2. The summed E-state index contributed by atoms with van der Waals surface area (Å²) in [6.45, 7) is 4.13. The zero-order valence-electron chi connectivity index (χ0n) is 17.9. The van der Waals surface area contributed by atoms with E-state index in [-0.39, 0.29) is 5.92 Å². The molecular weight excluding hydrogens is 434 g/mol. The molecule has 3 N–H and O–H groups in total. The molecule has 2 atom stereocenters. The van der Waals surface area contributed by atoms with E-state index in [1.54, 1.807) is 30.5 Å². The fourth-order valence-electron chi connectivity index (χ4n) is 4.35. The van der Waals surface area contributed by atoms with E-state index in [9.17, 15) is 13.2 Å². The van der Waals surface area contributed by atoms with E-state index in [1.165, 1.54) is 0 Å². The second-order valence-corrected chi connectivity index (χ2v) is 10.2. The number of carbonyl (C=O) groups is 1. The topological polar surface area (TPSA) is 94.2 Å². The van der Waals surface area contributed by atoms with Crippen LogP contribution in [0.2, 0.25) is 5.02 Å². The Labute approximate surface area is 188 Å². The second-order valence-electron chi connectivity index (χ2n) is 7.98. The van der Waals surface area contributed by atoms with Crippen LogP contribution in [0.5, 0.6) is 0 Å². The molecule has 0 spiro atoms. The molecule has 0 bridgehead atoms. The molecule has 0 radical (unpaired) electrons. The molecule has 3 rings (SSSR count). The number of nitrogens with one attached hydrogen (secondary N) is 1. The highest BCUT2D eigenvalue weighted by molar-refractivity contribution is 7.92. The van der Waals surface area contributed by atoms with Crippen molar-refractivity contribution in [2.45, 2.75) is 38.6 Å². The maximum Gasteiger partial charge on any atom is 0.248 e. The average Bonchev–Trinajstić information content (AvgIpc) is 3.12. The van der Waals surface area contributed by atoms with Crippen molar-refractivity contribution < 1.29 is 13.2 Å². The Morgan fingerprint density at radius 2 is 1.87 bits per heavy atom. The number of benzene rings is 2. The molecule has 2 aromatic carbocycles. The highest BCUT2D eigenvalue weighted by Gasteiger charge is 2.45. The monoisotopic (exact) mass is 461 g/mol. The minimum absolute atomic E-state index is 0.117. The molecule has 31 heavy (non-hydrogen) atoms. The minimum atomic E-state index is -3.46. The van der Waals surface area contributed by atoms with E-state index < -0.39 is 21.5 Å². The normalized spacial score (nSPS) is 14.8. The van der Waals surface area contributed by atoms with E-state index in [2.05, 4.69) is 11.6 Å². The first-order valence-electron chi connectivity index (χ1n) is 10.3. The lowest BCUT2D eigenvalue weighted by molar-refractivity contribution is -0.126. The van der Waals surface area contributed by atoms with Crippen molar-refractivity contribution in [2.24, 2.45) is 11.7 Å². The maximum absolute atomic E-state index is 13.2. The van der Waals surface area contributed by atoms with Crippen molar-refractivity contribution in [2.75, 3.05) is 11.0 Å². The van der Waals surface area contributed by atoms with Gasteiger partial charge in [0.25, 0.3) is 0 Å². The number of anilines is 1. The Kier molecular flexibility index (Phi) is 6.67. The lowest BCUT2D eigenvalue weighted by Gasteiger charge is -2.39. The van der Waals surface area contributed by atoms with Gasteiger partial charge in [0.1, 0.15) is 0 Å². The third-order valence-corrected chi connectivity index (χ3v) is 6.61. The number of sulfonamides is 1. The summed E-state index contributed by atoms with van der Waals surface area (Å²) in [7, 11) is -3.46. The Balaban J connectivity index is 2.31. The van der Waals surface area contributed by atoms with Gasteiger partial charge in [-0.15, -0.1) is 0 Å². The number of hydrogen-bond acceptors (Lipinski definition) is 3. The smallest absolute Gasteiger partial charge is 0.248 e. The van der Waals surface area contributed by atoms with Crippen LogP contribution in [0.15, 0.2) is 54.7 Å². The van der Waals surface area contributed by atoms with Gasteiger partial charge in [-0.3, -0.25) is 9.52 Å². The lowest BCUT2D eigenvalue weighted by Crippen LogP contribution is -2.51. The molecule has 0 fully saturated rings. The summed E-state index contributed by atoms with van der Waals surface area (Å²) in [6.07, 6.45) is 5.65. The van der Waals surface area contributed by atoms with Crippen molar-refractivity contribution >= 4 is 44.1 Å². The molecule has 3 aromatic rings. The minimum Gasteiger partial charge on any atom is -0.367 e. The molecule has 1 aromatic heterocycles. The summed E-state index contributed by atoms with van der Waals surface area (Å²) in [6, 6.07) is 14.3. The Hall–Kier alpha value is -2.51. The summed E-state index contributed by atoms with van der Waals surface area (Å²) < 4.78 is 28.1. The summed E-state index contributed by atoms with van der Waals surface area (Å²) >= 11 is 6.12. The number of carbonyl (C=O) groups excluding carboxylic acids is 1. The predicted molar refractivity (Wildman–Crippen MR) is 127 cm³/mol. The highest BCUT2D eigenvalue weighted by atomic mass is 35.5. The van der Waals surface area contributed by atoms with E-state index in [4.69, 9.17) is 17.3 Å². The van der Waals surface area contributed by atoms with Crippen LogP contribution in [0.4, 0.5) is 5.69 Å². The molecule has 0 aliphatic rings. The van der Waals surface area contributed by atoms with E-state index >= 15 is 0 Å². The molecule has 0 aliphatic carbocycles. The van der Waals surface area contributed by atoms with Gasteiger partial charge < -0.3 is 10.3 Å². The summed E-state index contributed by atoms with van der Waals surface area (Å²) in [4.78, 5) is 13.2. The van der Waals surface area contributed by atoms with Crippen molar-refractivity contribution in [3.05, 3.63) is 65.3 Å². The average molecular weight is 462 g/mol. The summed E-state index contributed by atoms with van der Waals surface area (Å²) in [5, 5.41) is 1.26. The number of primary amides is 1. The Morgan fingerprint density at radius 3 is 2.45 bits per heavy atom. The van der Waals surface area contributed by atoms with Crippen LogP contribution in [0.1, 0.15) is 38.7 Å². The van der Waals surface area contributed by atoms with Crippen molar-refractivity contribution in [3.63, 3.8) is 0 Å². The zero-order chi connectivity index (χ0) is 22.8. The number of nitrogens with zero attached hydrogens (tertiary/aromatic N) is 1. The molecular formula is C23H28ClN3O3S. The third kappa shape index (κ3) is 4.43. The van der Waals surface area contributed by atoms with Gasteiger partial charge in [-0.1, -0.05) is 56.5 Å². The van der Waals surface area contributed by atoms with Crippen LogP contribution in [-0.2, 0) is 20.4 Å². The first-order chi connectivity index (χ1) is 14.6. The van der Waals surface area contributed by atoms with Gasteiger partial charge in [-0.25, -0.2) is 8.42 Å². The van der Waals surface area contributed by atoms with Gasteiger partial charge in [0.05, 0.1) is 17.5 Å². The number of aromatic nitrogens is 1. The Bertz CT molecular complexity index is 1190. The van der Waals surface area contributed by atoms with E-state index in [1.807, 2.05) is 35.8 Å². The molecule has 0 saturated carbocycles. The quantitative estimate of drug-likeness (QED) is 0.482. The van der Waals surface area contributed by atoms with Crippen molar-refractivity contribution in [3.8, 4) is 0 Å². The zero-order valence-corrected chi connectivity index (χ0v) is 19.5. The number of nitrogens with two attached hydrogens (primary N) is 1. The van der Waals surface area contributed by atoms with E-state index in [0.29, 0.717) is 21.6 Å². The molecule has 0 saturated heterocycles. The van der Waals surface area contributed by atoms with Gasteiger partial charge in [0.2, 0.25) is 15.9 Å². The standard InChI is InChI=1S/C23H28ClN3O3S/c1-4-5-7-16(2)23(22(25)28,17-10-12-18(24)13-11-17)27-15-14-19-20(26-31(3,29)30)8-6-9-21(19)27/h6,8-16,26H,4-5,7H2,1-3H3,(H2,25,28). The molecule has 1 amide bonds. The van der Waals surface area contributed by atoms with Gasteiger partial charge >= 0.3 is 0 Å². The molecule has 1 heterocycles. The first-order valence-corrected chi connectivity index (χ1v) is 12.5. The van der Waals surface area contributed by atoms with Crippen LogP contribution >= 0.6 is 11.6 Å². The van der Waals surface area contributed by atoms with Crippen LogP contribution < -0.4 is 10.5 Å². The number of fused-ring (bicyclic) bond motifs is 1. The molecule has 0 aliphatic heterocycles. The first kappa shape index (κ1) is 23.2. The number of amides is 1. The lowest BCUT2D eigenvalue weighted by atomic mass is 9.75. The second kappa shape index (κ2) is 8.93. The van der Waals surface area contributed by atoms with Gasteiger partial charge in [-0.05, 0) is 48.2 Å². The SMILES string of the molecule is CCCCC(C)C(C(N)=O)(c1ccc(Cl)cc1)n1ccc2c(NS(C)(=O)=O)cccc21. The Morgan fingerprint density at radius 1 is 1.19 bits per heavy atom. The maximum atomic E-state index is 13.2. The van der Waals surface area contributed by atoms with Gasteiger partial charge in [0.15, 0.2) is 5.54 Å². The number of halogens is 1. The van der Waals surface area contributed by atoms with Crippen LogP contribution in [0, 0.1) is 5.92 Å². The number of unbranched alkanes of at least 4 members (excludes halogenated alkanes) is 1. The van der Waals surface area contributed by atoms with Gasteiger partial charge in [-0.2, -0.15) is 0 Å². The molecule has 6 nitrogen and oxygen atoms in total. The van der Waals surface area contributed by atoms with Gasteiger partial charge in [0, 0.05) is 16.6 Å². The molecule has 2 unspecified atom stereocenters.